The fourth-order valence-electron chi connectivity index (χ4n) is 4.00. The number of carbonyl (C=O) groups is 1. The molecule has 0 bridgehead atoms. The van der Waals surface area contributed by atoms with Gasteiger partial charge in [-0.2, -0.15) is 0 Å². The van der Waals surface area contributed by atoms with E-state index in [0.29, 0.717) is 6.61 Å². The van der Waals surface area contributed by atoms with Crippen molar-refractivity contribution < 1.29 is 19.1 Å². The van der Waals surface area contributed by atoms with Gasteiger partial charge in [0.25, 0.3) is 0 Å². The van der Waals surface area contributed by atoms with E-state index in [0.717, 1.165) is 70.5 Å². The van der Waals surface area contributed by atoms with Crippen LogP contribution in [0.1, 0.15) is 30.9 Å². The number of carboxylic acid groups (broad SMARTS) is 1. The molecule has 0 spiro atoms. The molecule has 1 heterocycles. The Hall–Kier alpha value is -3.73. The topological polar surface area (TPSA) is 71.7 Å². The van der Waals surface area contributed by atoms with Crippen LogP contribution >= 0.6 is 0 Å². The number of aryl methyl sites for hydroxylation is 1. The predicted octanol–water partition coefficient (Wildman–Crippen LogP) is 6.56. The SMILES string of the molecule is CCCc1c(OCCCNc2ccc(CC(=O)O)cc2)ccc2c(-c3ccccc3)coc12. The number of rotatable bonds is 11. The van der Waals surface area contributed by atoms with Gasteiger partial charge in [-0.15, -0.1) is 0 Å². The lowest BCUT2D eigenvalue weighted by Gasteiger charge is -2.13. The summed E-state index contributed by atoms with van der Waals surface area (Å²) in [4.78, 5) is 10.8. The lowest BCUT2D eigenvalue weighted by atomic mass is 10.0. The molecule has 0 saturated heterocycles. The predicted molar refractivity (Wildman–Crippen MR) is 132 cm³/mol. The Morgan fingerprint density at radius 2 is 1.82 bits per heavy atom. The number of furan rings is 1. The highest BCUT2D eigenvalue weighted by Crippen LogP contribution is 2.37. The Labute approximate surface area is 194 Å². The number of benzene rings is 3. The maximum atomic E-state index is 10.8. The van der Waals surface area contributed by atoms with Crippen molar-refractivity contribution in [2.45, 2.75) is 32.6 Å². The first kappa shape index (κ1) is 22.5. The molecule has 0 aliphatic rings. The van der Waals surface area contributed by atoms with Gasteiger partial charge in [-0.25, -0.2) is 0 Å². The van der Waals surface area contributed by atoms with Crippen molar-refractivity contribution in [3.8, 4) is 16.9 Å². The number of ether oxygens (including phenoxy) is 1. The number of fused-ring (bicyclic) bond motifs is 1. The molecule has 0 aliphatic heterocycles. The molecule has 3 aromatic carbocycles. The van der Waals surface area contributed by atoms with E-state index >= 15 is 0 Å². The van der Waals surface area contributed by atoms with Crippen LogP contribution in [0.5, 0.6) is 5.75 Å². The monoisotopic (exact) mass is 443 g/mol. The van der Waals surface area contributed by atoms with Gasteiger partial charge in [0.15, 0.2) is 0 Å². The van der Waals surface area contributed by atoms with Crippen molar-refractivity contribution >= 4 is 22.6 Å². The molecule has 5 heteroatoms. The van der Waals surface area contributed by atoms with Crippen molar-refractivity contribution in [2.75, 3.05) is 18.5 Å². The van der Waals surface area contributed by atoms with Gasteiger partial charge in [-0.05, 0) is 48.2 Å². The summed E-state index contributed by atoms with van der Waals surface area (Å²) >= 11 is 0. The number of nitrogens with one attached hydrogen (secondary N) is 1. The molecule has 0 amide bonds. The molecule has 0 unspecified atom stereocenters. The number of aliphatic carboxylic acids is 1. The molecule has 0 fully saturated rings. The van der Waals surface area contributed by atoms with E-state index in [4.69, 9.17) is 14.3 Å². The maximum Gasteiger partial charge on any atom is 0.307 e. The lowest BCUT2D eigenvalue weighted by Crippen LogP contribution is -2.08. The van der Waals surface area contributed by atoms with Gasteiger partial charge < -0.3 is 19.6 Å². The molecule has 0 saturated carbocycles. The van der Waals surface area contributed by atoms with Crippen molar-refractivity contribution in [3.05, 3.63) is 84.1 Å². The Bertz CT molecular complexity index is 1200. The molecule has 33 heavy (non-hydrogen) atoms. The summed E-state index contributed by atoms with van der Waals surface area (Å²) in [5, 5.41) is 13.3. The minimum Gasteiger partial charge on any atom is -0.493 e. The van der Waals surface area contributed by atoms with Crippen molar-refractivity contribution in [3.63, 3.8) is 0 Å². The van der Waals surface area contributed by atoms with E-state index in [1.54, 1.807) is 0 Å². The molecule has 2 N–H and O–H groups in total. The first-order valence-electron chi connectivity index (χ1n) is 11.4. The average Bonchev–Trinajstić information content (AvgIpc) is 3.26. The first-order valence-corrected chi connectivity index (χ1v) is 11.4. The molecule has 170 valence electrons. The van der Waals surface area contributed by atoms with Gasteiger partial charge in [0.1, 0.15) is 11.3 Å². The second kappa shape index (κ2) is 10.7. The average molecular weight is 444 g/mol. The number of hydrogen-bond acceptors (Lipinski definition) is 4. The molecule has 0 radical (unpaired) electrons. The largest absolute Gasteiger partial charge is 0.493 e. The van der Waals surface area contributed by atoms with Crippen molar-refractivity contribution in [1.82, 2.24) is 0 Å². The highest BCUT2D eigenvalue weighted by Gasteiger charge is 2.15. The summed E-state index contributed by atoms with van der Waals surface area (Å²) < 4.78 is 12.2. The molecular weight excluding hydrogens is 414 g/mol. The summed E-state index contributed by atoms with van der Waals surface area (Å²) in [6.07, 6.45) is 4.63. The van der Waals surface area contributed by atoms with Crippen molar-refractivity contribution in [1.29, 1.82) is 0 Å². The highest BCUT2D eigenvalue weighted by atomic mass is 16.5. The van der Waals surface area contributed by atoms with Crippen molar-refractivity contribution in [2.24, 2.45) is 0 Å². The Morgan fingerprint density at radius 3 is 2.55 bits per heavy atom. The highest BCUT2D eigenvalue weighted by molar-refractivity contribution is 5.96. The minimum absolute atomic E-state index is 0.0427. The molecular formula is C28H29NO4. The smallest absolute Gasteiger partial charge is 0.307 e. The first-order chi connectivity index (χ1) is 16.2. The van der Waals surface area contributed by atoms with E-state index in [1.165, 1.54) is 0 Å². The van der Waals surface area contributed by atoms with Gasteiger partial charge >= 0.3 is 5.97 Å². The summed E-state index contributed by atoms with van der Waals surface area (Å²) in [5.41, 5.74) is 6.05. The quantitative estimate of drug-likeness (QED) is 0.257. The zero-order valence-electron chi connectivity index (χ0n) is 18.8. The molecule has 4 aromatic rings. The van der Waals surface area contributed by atoms with E-state index in [1.807, 2.05) is 48.7 Å². The van der Waals surface area contributed by atoms with Crippen LogP contribution in [-0.4, -0.2) is 24.2 Å². The van der Waals surface area contributed by atoms with E-state index < -0.39 is 5.97 Å². The minimum atomic E-state index is -0.820. The normalized spacial score (nSPS) is 10.9. The number of carboxylic acids is 1. The summed E-state index contributed by atoms with van der Waals surface area (Å²) in [6.45, 7) is 3.52. The van der Waals surface area contributed by atoms with Gasteiger partial charge in [-0.1, -0.05) is 55.8 Å². The summed E-state index contributed by atoms with van der Waals surface area (Å²) in [7, 11) is 0. The number of hydrogen-bond donors (Lipinski definition) is 2. The molecule has 0 atom stereocenters. The standard InChI is InChI=1S/C28H29NO4/c1-2-7-24-26(15-14-23-25(19-33-28(23)24)21-8-4-3-5-9-21)32-17-6-16-29-22-12-10-20(11-13-22)18-27(30)31/h3-5,8-15,19,29H,2,6-7,16-18H2,1H3,(H,30,31). The molecule has 5 nitrogen and oxygen atoms in total. The van der Waals surface area contributed by atoms with E-state index in [9.17, 15) is 4.79 Å². The third-order valence-electron chi connectivity index (χ3n) is 5.60. The van der Waals surface area contributed by atoms with Crippen LogP contribution in [0.3, 0.4) is 0 Å². The van der Waals surface area contributed by atoms with E-state index in [2.05, 4.69) is 36.5 Å². The second-order valence-corrected chi connectivity index (χ2v) is 8.08. The van der Waals surface area contributed by atoms with Gasteiger partial charge in [0, 0.05) is 28.7 Å². The molecule has 4 rings (SSSR count). The van der Waals surface area contributed by atoms with Crippen LogP contribution in [0.25, 0.3) is 22.1 Å². The fourth-order valence-corrected chi connectivity index (χ4v) is 4.00. The maximum absolute atomic E-state index is 10.8. The van der Waals surface area contributed by atoms with Crippen LogP contribution in [0.15, 0.2) is 77.4 Å². The third kappa shape index (κ3) is 5.55. The van der Waals surface area contributed by atoms with E-state index in [-0.39, 0.29) is 6.42 Å². The van der Waals surface area contributed by atoms with Crippen LogP contribution < -0.4 is 10.1 Å². The Balaban J connectivity index is 1.37. The summed E-state index contributed by atoms with van der Waals surface area (Å²) in [6, 6.07) is 21.9. The second-order valence-electron chi connectivity index (χ2n) is 8.08. The van der Waals surface area contributed by atoms with Crippen LogP contribution in [-0.2, 0) is 17.6 Å². The fraction of sp³-hybridized carbons (Fsp3) is 0.250. The Kier molecular flexibility index (Phi) is 7.30. The molecule has 0 aliphatic carbocycles. The zero-order chi connectivity index (χ0) is 23.0. The Morgan fingerprint density at radius 1 is 1.03 bits per heavy atom. The van der Waals surface area contributed by atoms with Gasteiger partial charge in [-0.3, -0.25) is 4.79 Å². The number of anilines is 1. The third-order valence-corrected chi connectivity index (χ3v) is 5.60. The van der Waals surface area contributed by atoms with Gasteiger partial charge in [0.05, 0.1) is 19.3 Å². The van der Waals surface area contributed by atoms with Crippen LogP contribution in [0.4, 0.5) is 5.69 Å². The van der Waals surface area contributed by atoms with Gasteiger partial charge in [0.2, 0.25) is 0 Å². The van der Waals surface area contributed by atoms with Crippen LogP contribution in [0, 0.1) is 0 Å². The summed E-state index contributed by atoms with van der Waals surface area (Å²) in [5.74, 6) is 0.0654. The lowest BCUT2D eigenvalue weighted by molar-refractivity contribution is -0.136. The van der Waals surface area contributed by atoms with Crippen LogP contribution in [0.2, 0.25) is 0 Å². The zero-order valence-corrected chi connectivity index (χ0v) is 18.8. The molecule has 1 aromatic heterocycles.